The fourth-order valence-electron chi connectivity index (χ4n) is 0.321. The van der Waals surface area contributed by atoms with E-state index in [4.69, 9.17) is 10.3 Å². The van der Waals surface area contributed by atoms with E-state index in [1.807, 2.05) is 0 Å². The molecule has 0 bridgehead atoms. The zero-order valence-electron chi connectivity index (χ0n) is 4.89. The standard InChI is InChI=1S/C5H11NO2/c1-3-5(7)4(2)6-8/h5-8H,2-3H2,1H3. The minimum absolute atomic E-state index is 0.243. The van der Waals surface area contributed by atoms with Crippen LogP contribution >= 0.6 is 0 Å². The van der Waals surface area contributed by atoms with Crippen LogP contribution in [-0.4, -0.2) is 16.4 Å². The zero-order chi connectivity index (χ0) is 6.57. The van der Waals surface area contributed by atoms with Crippen molar-refractivity contribution in [1.29, 1.82) is 0 Å². The maximum absolute atomic E-state index is 8.80. The van der Waals surface area contributed by atoms with E-state index < -0.39 is 6.10 Å². The van der Waals surface area contributed by atoms with Crippen LogP contribution in [0, 0.1) is 0 Å². The van der Waals surface area contributed by atoms with Crippen molar-refractivity contribution < 1.29 is 10.3 Å². The van der Waals surface area contributed by atoms with Gasteiger partial charge in [-0.15, -0.1) is 0 Å². The molecule has 1 atom stereocenters. The van der Waals surface area contributed by atoms with Gasteiger partial charge in [0.2, 0.25) is 0 Å². The quantitative estimate of drug-likeness (QED) is 0.464. The van der Waals surface area contributed by atoms with Crippen LogP contribution in [0.3, 0.4) is 0 Å². The maximum Gasteiger partial charge on any atom is 0.0948 e. The molecule has 0 spiro atoms. The highest BCUT2D eigenvalue weighted by Crippen LogP contribution is 1.96. The predicted molar refractivity (Wildman–Crippen MR) is 30.4 cm³/mol. The van der Waals surface area contributed by atoms with Gasteiger partial charge in [-0.25, -0.2) is 0 Å². The van der Waals surface area contributed by atoms with Gasteiger partial charge < -0.3 is 5.11 Å². The summed E-state index contributed by atoms with van der Waals surface area (Å²) in [6, 6.07) is 0. The molecule has 0 heterocycles. The molecule has 0 saturated heterocycles. The molecule has 48 valence electrons. The van der Waals surface area contributed by atoms with E-state index in [0.29, 0.717) is 6.42 Å². The van der Waals surface area contributed by atoms with Gasteiger partial charge in [-0.2, -0.15) is 0 Å². The van der Waals surface area contributed by atoms with Gasteiger partial charge in [-0.05, 0) is 6.42 Å². The summed E-state index contributed by atoms with van der Waals surface area (Å²) in [7, 11) is 0. The summed E-state index contributed by atoms with van der Waals surface area (Å²) in [6.45, 7) is 5.13. The van der Waals surface area contributed by atoms with Crippen LogP contribution in [0.1, 0.15) is 13.3 Å². The van der Waals surface area contributed by atoms with E-state index in [9.17, 15) is 0 Å². The third-order valence-corrected chi connectivity index (χ3v) is 0.933. The second-order valence-electron chi connectivity index (χ2n) is 1.56. The van der Waals surface area contributed by atoms with Gasteiger partial charge in [0.1, 0.15) is 0 Å². The topological polar surface area (TPSA) is 52.5 Å². The minimum Gasteiger partial charge on any atom is -0.387 e. The second-order valence-corrected chi connectivity index (χ2v) is 1.56. The van der Waals surface area contributed by atoms with Crippen molar-refractivity contribution in [2.75, 3.05) is 0 Å². The lowest BCUT2D eigenvalue weighted by Gasteiger charge is -2.07. The van der Waals surface area contributed by atoms with Crippen LogP contribution in [0.5, 0.6) is 0 Å². The fourth-order valence-corrected chi connectivity index (χ4v) is 0.321. The first-order chi connectivity index (χ1) is 3.72. The number of nitrogens with one attached hydrogen (secondary N) is 1. The lowest BCUT2D eigenvalue weighted by atomic mass is 10.2. The molecule has 0 aliphatic heterocycles. The molecular formula is C5H11NO2. The Kier molecular flexibility index (Phi) is 3.23. The molecule has 0 amide bonds. The van der Waals surface area contributed by atoms with Gasteiger partial charge in [0.25, 0.3) is 0 Å². The highest BCUT2D eigenvalue weighted by atomic mass is 16.5. The number of hydrogen-bond donors (Lipinski definition) is 3. The minimum atomic E-state index is -0.639. The van der Waals surface area contributed by atoms with Crippen LogP contribution in [0.15, 0.2) is 12.3 Å². The van der Waals surface area contributed by atoms with E-state index in [1.54, 1.807) is 12.4 Å². The third-order valence-electron chi connectivity index (χ3n) is 0.933. The number of rotatable bonds is 3. The fraction of sp³-hybridized carbons (Fsp3) is 0.600. The molecular weight excluding hydrogens is 106 g/mol. The summed E-state index contributed by atoms with van der Waals surface area (Å²) >= 11 is 0. The molecule has 0 radical (unpaired) electrons. The first-order valence-electron chi connectivity index (χ1n) is 2.49. The normalized spacial score (nSPS) is 12.9. The number of hydrogen-bond acceptors (Lipinski definition) is 3. The summed E-state index contributed by atoms with van der Waals surface area (Å²) in [5, 5.41) is 16.9. The first kappa shape index (κ1) is 7.46. The molecule has 3 nitrogen and oxygen atoms in total. The van der Waals surface area contributed by atoms with Crippen molar-refractivity contribution in [3.8, 4) is 0 Å². The van der Waals surface area contributed by atoms with Crippen molar-refractivity contribution in [2.24, 2.45) is 0 Å². The lowest BCUT2D eigenvalue weighted by Crippen LogP contribution is -2.19. The molecule has 0 rings (SSSR count). The van der Waals surface area contributed by atoms with Gasteiger partial charge in [-0.1, -0.05) is 13.5 Å². The molecule has 1 unspecified atom stereocenters. The Labute approximate surface area is 48.6 Å². The molecule has 0 aromatic heterocycles. The largest absolute Gasteiger partial charge is 0.387 e. The third kappa shape index (κ3) is 1.95. The monoisotopic (exact) mass is 117 g/mol. The van der Waals surface area contributed by atoms with Crippen molar-refractivity contribution in [3.63, 3.8) is 0 Å². The molecule has 3 N–H and O–H groups in total. The van der Waals surface area contributed by atoms with E-state index in [-0.39, 0.29) is 5.70 Å². The highest BCUT2D eigenvalue weighted by Gasteiger charge is 2.01. The molecule has 3 heteroatoms. The van der Waals surface area contributed by atoms with E-state index in [1.165, 1.54) is 0 Å². The van der Waals surface area contributed by atoms with E-state index >= 15 is 0 Å². The van der Waals surface area contributed by atoms with Crippen molar-refractivity contribution in [1.82, 2.24) is 5.48 Å². The number of aliphatic hydroxyl groups excluding tert-OH is 1. The van der Waals surface area contributed by atoms with Crippen LogP contribution in [0.25, 0.3) is 0 Å². The summed E-state index contributed by atoms with van der Waals surface area (Å²) in [5.41, 5.74) is 2.01. The van der Waals surface area contributed by atoms with Crippen molar-refractivity contribution in [3.05, 3.63) is 12.3 Å². The van der Waals surface area contributed by atoms with Crippen LogP contribution < -0.4 is 5.48 Å². The van der Waals surface area contributed by atoms with Crippen molar-refractivity contribution in [2.45, 2.75) is 19.4 Å². The molecule has 0 aromatic rings. The SMILES string of the molecule is C=C(NO)C(O)CC. The van der Waals surface area contributed by atoms with Crippen LogP contribution in [-0.2, 0) is 0 Å². The molecule has 0 aromatic carbocycles. The molecule has 8 heavy (non-hydrogen) atoms. The Morgan fingerprint density at radius 2 is 2.38 bits per heavy atom. The average molecular weight is 117 g/mol. The van der Waals surface area contributed by atoms with Crippen LogP contribution in [0.4, 0.5) is 0 Å². The lowest BCUT2D eigenvalue weighted by molar-refractivity contribution is 0.132. The Hall–Kier alpha value is -0.540. The Bertz CT molecular complexity index is 82.5. The van der Waals surface area contributed by atoms with Crippen LogP contribution in [0.2, 0.25) is 0 Å². The summed E-state index contributed by atoms with van der Waals surface area (Å²) < 4.78 is 0. The molecule has 0 saturated carbocycles. The second kappa shape index (κ2) is 3.46. The van der Waals surface area contributed by atoms with Gasteiger partial charge in [-0.3, -0.25) is 10.7 Å². The summed E-state index contributed by atoms with van der Waals surface area (Å²) in [6.07, 6.45) is -0.0770. The molecule has 0 fully saturated rings. The number of hydroxylamine groups is 1. The number of aliphatic hydroxyl groups is 1. The van der Waals surface area contributed by atoms with E-state index in [2.05, 4.69) is 6.58 Å². The maximum atomic E-state index is 8.80. The summed E-state index contributed by atoms with van der Waals surface area (Å²) in [5.74, 6) is 0. The predicted octanol–water partition coefficient (Wildman–Crippen LogP) is 0.250. The van der Waals surface area contributed by atoms with Gasteiger partial charge >= 0.3 is 0 Å². The highest BCUT2D eigenvalue weighted by molar-refractivity contribution is 4.94. The van der Waals surface area contributed by atoms with Gasteiger partial charge in [0.15, 0.2) is 0 Å². The van der Waals surface area contributed by atoms with Crippen molar-refractivity contribution >= 4 is 0 Å². The molecule has 0 aliphatic rings. The van der Waals surface area contributed by atoms with Gasteiger partial charge in [0.05, 0.1) is 11.8 Å². The van der Waals surface area contributed by atoms with Gasteiger partial charge in [0, 0.05) is 0 Å². The Morgan fingerprint density at radius 3 is 2.50 bits per heavy atom. The molecule has 0 aliphatic carbocycles. The Balaban J connectivity index is 3.46. The zero-order valence-corrected chi connectivity index (χ0v) is 4.89. The Morgan fingerprint density at radius 1 is 1.88 bits per heavy atom. The first-order valence-corrected chi connectivity index (χ1v) is 2.49. The smallest absolute Gasteiger partial charge is 0.0948 e. The summed E-state index contributed by atoms with van der Waals surface area (Å²) in [4.78, 5) is 0. The van der Waals surface area contributed by atoms with E-state index in [0.717, 1.165) is 0 Å². The average Bonchev–Trinajstić information content (AvgIpc) is 1.84.